The molecule has 1 aliphatic heterocycles. The monoisotopic (exact) mass is 401 g/mol. The first-order valence-corrected chi connectivity index (χ1v) is 8.19. The highest BCUT2D eigenvalue weighted by molar-refractivity contribution is 6.39. The van der Waals surface area contributed by atoms with Crippen LogP contribution in [0.4, 0.5) is 16.2 Å². The summed E-state index contributed by atoms with van der Waals surface area (Å²) < 4.78 is 5.05. The molecule has 0 unspecified atom stereocenters. The fourth-order valence-corrected chi connectivity index (χ4v) is 2.82. The summed E-state index contributed by atoms with van der Waals surface area (Å²) in [6.45, 7) is 0. The van der Waals surface area contributed by atoms with Crippen LogP contribution in [0, 0.1) is 10.1 Å². The van der Waals surface area contributed by atoms with E-state index < -0.39 is 22.8 Å². The van der Waals surface area contributed by atoms with Gasteiger partial charge in [0, 0.05) is 12.1 Å². The molecule has 2 aromatic rings. The van der Waals surface area contributed by atoms with E-state index in [9.17, 15) is 24.5 Å². The molecule has 0 atom stereocenters. The van der Waals surface area contributed by atoms with Gasteiger partial charge in [0.1, 0.15) is 11.3 Å². The third-order valence-corrected chi connectivity index (χ3v) is 4.20. The number of methoxy groups -OCH3 is 1. The first-order chi connectivity index (χ1) is 13.3. The van der Waals surface area contributed by atoms with Crippen LogP contribution in [-0.4, -0.2) is 29.9 Å². The number of carbonyl (C=O) groups is 3. The molecule has 0 saturated carbocycles. The highest BCUT2D eigenvalue weighted by Crippen LogP contribution is 2.28. The van der Waals surface area contributed by atoms with Crippen LogP contribution in [0.25, 0.3) is 6.08 Å². The molecular formula is C18H12ClN3O6. The second-order valence-electron chi connectivity index (χ2n) is 5.63. The number of nitrogens with one attached hydrogen (secondary N) is 1. The maximum atomic E-state index is 12.8. The van der Waals surface area contributed by atoms with Crippen molar-refractivity contribution in [1.29, 1.82) is 0 Å². The molecule has 1 fully saturated rings. The van der Waals surface area contributed by atoms with Crippen molar-refractivity contribution in [3.8, 4) is 5.75 Å². The van der Waals surface area contributed by atoms with Gasteiger partial charge in [-0.25, -0.2) is 9.69 Å². The zero-order chi connectivity index (χ0) is 20.4. The van der Waals surface area contributed by atoms with Gasteiger partial charge in [-0.3, -0.25) is 25.0 Å². The van der Waals surface area contributed by atoms with Gasteiger partial charge in [0.25, 0.3) is 17.5 Å². The summed E-state index contributed by atoms with van der Waals surface area (Å²) in [6.07, 6.45) is 1.29. The van der Waals surface area contributed by atoms with Crippen molar-refractivity contribution in [3.63, 3.8) is 0 Å². The Kier molecular flexibility index (Phi) is 5.10. The lowest BCUT2D eigenvalue weighted by Crippen LogP contribution is -2.54. The summed E-state index contributed by atoms with van der Waals surface area (Å²) >= 11 is 6.05. The third-order valence-electron chi connectivity index (χ3n) is 3.91. The molecular weight excluding hydrogens is 390 g/mol. The number of urea groups is 1. The molecule has 2 aromatic carbocycles. The van der Waals surface area contributed by atoms with Gasteiger partial charge >= 0.3 is 6.03 Å². The second kappa shape index (κ2) is 7.49. The Morgan fingerprint density at radius 2 is 1.82 bits per heavy atom. The molecule has 0 spiro atoms. The average Bonchev–Trinajstić information content (AvgIpc) is 2.65. The van der Waals surface area contributed by atoms with Crippen LogP contribution in [0.2, 0.25) is 5.02 Å². The number of imide groups is 2. The Balaban J connectivity index is 1.98. The SMILES string of the molecule is COc1ccc(/C=C2\C(=O)NC(=O)N(c3ccc([N+](=O)[O-])cc3)C2=O)cc1Cl. The molecule has 0 aliphatic carbocycles. The minimum absolute atomic E-state index is 0.0827. The Bertz CT molecular complexity index is 1030. The highest BCUT2D eigenvalue weighted by Gasteiger charge is 2.37. The fourth-order valence-electron chi connectivity index (χ4n) is 2.55. The third kappa shape index (κ3) is 3.55. The standard InChI is InChI=1S/C18H12ClN3O6/c1-28-15-7-2-10(9-14(15)19)8-13-16(23)20-18(25)21(17(13)24)11-3-5-12(6-4-11)22(26)27/h2-9H,1H3,(H,20,23,25)/b13-8+. The minimum Gasteiger partial charge on any atom is -0.495 e. The Morgan fingerprint density at radius 1 is 1.14 bits per heavy atom. The van der Waals surface area contributed by atoms with Crippen LogP contribution < -0.4 is 15.0 Å². The summed E-state index contributed by atoms with van der Waals surface area (Å²) in [5.74, 6) is -1.31. The van der Waals surface area contributed by atoms with Crippen LogP contribution in [0.5, 0.6) is 5.75 Å². The van der Waals surface area contributed by atoms with E-state index in [4.69, 9.17) is 16.3 Å². The van der Waals surface area contributed by atoms with Crippen molar-refractivity contribution in [1.82, 2.24) is 5.32 Å². The van der Waals surface area contributed by atoms with Crippen LogP contribution in [-0.2, 0) is 9.59 Å². The quantitative estimate of drug-likeness (QED) is 0.364. The highest BCUT2D eigenvalue weighted by atomic mass is 35.5. The number of hydrogen-bond acceptors (Lipinski definition) is 6. The van der Waals surface area contributed by atoms with Gasteiger partial charge < -0.3 is 4.74 Å². The van der Waals surface area contributed by atoms with Crippen molar-refractivity contribution < 1.29 is 24.0 Å². The molecule has 0 bridgehead atoms. The van der Waals surface area contributed by atoms with Crippen LogP contribution in [0.15, 0.2) is 48.0 Å². The van der Waals surface area contributed by atoms with E-state index in [0.717, 1.165) is 17.0 Å². The molecule has 9 nitrogen and oxygen atoms in total. The molecule has 0 radical (unpaired) electrons. The number of nitro benzene ring substituents is 1. The van der Waals surface area contributed by atoms with Crippen molar-refractivity contribution in [2.75, 3.05) is 12.0 Å². The van der Waals surface area contributed by atoms with E-state index in [1.165, 1.54) is 31.4 Å². The average molecular weight is 402 g/mol. The number of barbiturate groups is 1. The lowest BCUT2D eigenvalue weighted by molar-refractivity contribution is -0.384. The second-order valence-corrected chi connectivity index (χ2v) is 6.03. The van der Waals surface area contributed by atoms with Crippen molar-refractivity contribution >= 4 is 46.9 Å². The molecule has 142 valence electrons. The largest absolute Gasteiger partial charge is 0.495 e. The Labute approximate surface area is 163 Å². The fraction of sp³-hybridized carbons (Fsp3) is 0.0556. The number of non-ortho nitro benzene ring substituents is 1. The maximum absolute atomic E-state index is 12.8. The summed E-state index contributed by atoms with van der Waals surface area (Å²) in [4.78, 5) is 47.9. The normalized spacial score (nSPS) is 15.6. The molecule has 4 amide bonds. The van der Waals surface area contributed by atoms with Crippen LogP contribution >= 0.6 is 11.6 Å². The number of carbonyl (C=O) groups excluding carboxylic acids is 3. The minimum atomic E-state index is -0.950. The molecule has 3 rings (SSSR count). The Morgan fingerprint density at radius 3 is 2.39 bits per heavy atom. The van der Waals surface area contributed by atoms with Crippen molar-refractivity contribution in [3.05, 3.63) is 68.7 Å². The predicted octanol–water partition coefficient (Wildman–Crippen LogP) is 2.92. The van der Waals surface area contributed by atoms with Gasteiger partial charge in [0.15, 0.2) is 0 Å². The number of ether oxygens (including phenoxy) is 1. The van der Waals surface area contributed by atoms with Gasteiger partial charge in [-0.05, 0) is 35.9 Å². The predicted molar refractivity (Wildman–Crippen MR) is 100 cm³/mol. The van der Waals surface area contributed by atoms with E-state index >= 15 is 0 Å². The van der Waals surface area contributed by atoms with Gasteiger partial charge in [0.05, 0.1) is 22.7 Å². The van der Waals surface area contributed by atoms with E-state index in [1.54, 1.807) is 12.1 Å². The molecule has 28 heavy (non-hydrogen) atoms. The summed E-state index contributed by atoms with van der Waals surface area (Å²) in [5.41, 5.74) is 0.0362. The number of anilines is 1. The zero-order valence-corrected chi connectivity index (χ0v) is 15.1. The number of nitro groups is 1. The van der Waals surface area contributed by atoms with E-state index in [2.05, 4.69) is 5.32 Å². The number of benzene rings is 2. The summed E-state index contributed by atoms with van der Waals surface area (Å²) in [5, 5.41) is 13.1. The van der Waals surface area contributed by atoms with E-state index in [0.29, 0.717) is 11.3 Å². The first kappa shape index (κ1) is 19.1. The molecule has 1 saturated heterocycles. The lowest BCUT2D eigenvalue weighted by Gasteiger charge is -2.26. The summed E-state index contributed by atoms with van der Waals surface area (Å²) in [7, 11) is 1.45. The summed E-state index contributed by atoms with van der Waals surface area (Å²) in [6, 6.07) is 8.50. The van der Waals surface area contributed by atoms with Gasteiger partial charge in [-0.2, -0.15) is 0 Å². The maximum Gasteiger partial charge on any atom is 0.335 e. The van der Waals surface area contributed by atoms with Crippen LogP contribution in [0.3, 0.4) is 0 Å². The molecule has 1 aliphatic rings. The number of hydrogen-bond donors (Lipinski definition) is 1. The lowest BCUT2D eigenvalue weighted by atomic mass is 10.1. The number of nitrogens with zero attached hydrogens (tertiary/aromatic N) is 2. The molecule has 10 heteroatoms. The smallest absolute Gasteiger partial charge is 0.335 e. The number of rotatable bonds is 4. The van der Waals surface area contributed by atoms with Crippen molar-refractivity contribution in [2.24, 2.45) is 0 Å². The molecule has 0 aromatic heterocycles. The first-order valence-electron chi connectivity index (χ1n) is 7.81. The molecule has 1 N–H and O–H groups in total. The zero-order valence-electron chi connectivity index (χ0n) is 14.3. The van der Waals surface area contributed by atoms with E-state index in [-0.39, 0.29) is 22.0 Å². The van der Waals surface area contributed by atoms with Gasteiger partial charge in [-0.15, -0.1) is 0 Å². The molecule has 1 heterocycles. The Hall–Kier alpha value is -3.72. The van der Waals surface area contributed by atoms with E-state index in [1.807, 2.05) is 0 Å². The van der Waals surface area contributed by atoms with Gasteiger partial charge in [0.2, 0.25) is 0 Å². The number of halogens is 1. The van der Waals surface area contributed by atoms with Crippen molar-refractivity contribution in [2.45, 2.75) is 0 Å². The van der Waals surface area contributed by atoms with Crippen LogP contribution in [0.1, 0.15) is 5.56 Å². The topological polar surface area (TPSA) is 119 Å². The number of amides is 4. The van der Waals surface area contributed by atoms with Gasteiger partial charge in [-0.1, -0.05) is 17.7 Å².